The standard InChI is InChI=1S/C69H75BN4/c1-65(2,3)44-24-33-49(34-25-44)72(50-35-26-45(27-36-50)66(4,5)6)60-43-55-63(64-61(60)53-20-17-18-21-56(53)71(64)16)74(52-39-30-47(31-40-52)68(10,11)12)59-23-19-22-58-62(59)70(55)54-42-48(69(13,14)15)32-41-57(54)73(58)51-37-28-46(29-38-51)67(7,8)9/h17-43H,1-16H3/i19D. The Hall–Kier alpha value is -6.98. The number of anilines is 9. The van der Waals surface area contributed by atoms with Crippen LogP contribution in [0.1, 0.15) is 133 Å². The van der Waals surface area contributed by atoms with Crippen molar-refractivity contribution in [3.8, 4) is 0 Å². The summed E-state index contributed by atoms with van der Waals surface area (Å²) in [7, 11) is 2.26. The molecule has 0 amide bonds. The van der Waals surface area contributed by atoms with Gasteiger partial charge in [0.15, 0.2) is 0 Å². The van der Waals surface area contributed by atoms with Gasteiger partial charge in [-0.05, 0) is 150 Å². The van der Waals surface area contributed by atoms with Crippen LogP contribution in [0.4, 0.5) is 51.2 Å². The van der Waals surface area contributed by atoms with E-state index >= 15 is 0 Å². The predicted octanol–water partition coefficient (Wildman–Crippen LogP) is 17.4. The highest BCUT2D eigenvalue weighted by atomic mass is 15.2. The molecule has 0 saturated carbocycles. The summed E-state index contributed by atoms with van der Waals surface area (Å²) >= 11 is 0. The van der Waals surface area contributed by atoms with Crippen molar-refractivity contribution in [2.75, 3.05) is 14.7 Å². The Kier molecular flexibility index (Phi) is 11.0. The molecule has 3 heterocycles. The highest BCUT2D eigenvalue weighted by Crippen LogP contribution is 2.52. The average molecular weight is 972 g/mol. The first-order valence-electron chi connectivity index (χ1n) is 27.4. The average Bonchev–Trinajstić information content (AvgIpc) is 3.71. The van der Waals surface area contributed by atoms with Crippen LogP contribution in [0.2, 0.25) is 0 Å². The molecule has 0 bridgehead atoms. The number of aryl methyl sites for hydroxylation is 1. The maximum absolute atomic E-state index is 9.81. The van der Waals surface area contributed by atoms with Crippen molar-refractivity contribution in [1.29, 1.82) is 0 Å². The van der Waals surface area contributed by atoms with E-state index in [-0.39, 0.29) is 33.8 Å². The summed E-state index contributed by atoms with van der Waals surface area (Å²) in [5, 5.41) is 2.39. The van der Waals surface area contributed by atoms with E-state index in [1.165, 1.54) is 60.5 Å². The third-order valence-corrected chi connectivity index (χ3v) is 16.1. The van der Waals surface area contributed by atoms with Crippen LogP contribution < -0.4 is 31.1 Å². The van der Waals surface area contributed by atoms with Crippen LogP contribution in [0, 0.1) is 0 Å². The molecule has 4 nitrogen and oxygen atoms in total. The van der Waals surface area contributed by atoms with Crippen molar-refractivity contribution < 1.29 is 1.37 Å². The number of hydrogen-bond acceptors (Lipinski definition) is 3. The summed E-state index contributed by atoms with van der Waals surface area (Å²) in [6, 6.07) is 60.4. The second kappa shape index (κ2) is 17.0. The van der Waals surface area contributed by atoms with Gasteiger partial charge in [0.1, 0.15) is 0 Å². The minimum absolute atomic E-state index is 0.0000201. The van der Waals surface area contributed by atoms with Crippen LogP contribution in [-0.4, -0.2) is 11.3 Å². The number of para-hydroxylation sites is 1. The predicted molar refractivity (Wildman–Crippen MR) is 323 cm³/mol. The molecule has 2 aliphatic heterocycles. The van der Waals surface area contributed by atoms with Gasteiger partial charge in [0.2, 0.25) is 0 Å². The fourth-order valence-corrected chi connectivity index (χ4v) is 11.7. The smallest absolute Gasteiger partial charge is 0.252 e. The Labute approximate surface area is 444 Å². The normalized spacial score (nSPS) is 14.1. The number of benzene rings is 8. The summed E-state index contributed by atoms with van der Waals surface area (Å²) < 4.78 is 12.3. The molecule has 1 aromatic heterocycles. The Morgan fingerprint density at radius 3 is 1.35 bits per heavy atom. The van der Waals surface area contributed by atoms with Gasteiger partial charge in [0.05, 0.1) is 18.3 Å². The van der Waals surface area contributed by atoms with E-state index in [1.807, 2.05) is 0 Å². The van der Waals surface area contributed by atoms with Gasteiger partial charge in [-0.2, -0.15) is 0 Å². The number of aromatic nitrogens is 1. The molecule has 0 fully saturated rings. The molecule has 0 aliphatic carbocycles. The maximum atomic E-state index is 9.81. The molecule has 74 heavy (non-hydrogen) atoms. The zero-order chi connectivity index (χ0) is 53.5. The van der Waals surface area contributed by atoms with E-state index in [2.05, 4.69) is 288 Å². The van der Waals surface area contributed by atoms with Gasteiger partial charge in [0, 0.05) is 63.1 Å². The van der Waals surface area contributed by atoms with Gasteiger partial charge in [-0.25, -0.2) is 0 Å². The summed E-state index contributed by atoms with van der Waals surface area (Å²) in [4.78, 5) is 7.49. The van der Waals surface area contributed by atoms with Crippen molar-refractivity contribution in [3.05, 3.63) is 192 Å². The van der Waals surface area contributed by atoms with Crippen LogP contribution >= 0.6 is 0 Å². The molecule has 0 atom stereocenters. The number of rotatable bonds is 5. The first-order chi connectivity index (χ1) is 35.2. The monoisotopic (exact) mass is 972 g/mol. The Morgan fingerprint density at radius 2 is 0.865 bits per heavy atom. The third kappa shape index (κ3) is 8.13. The fourth-order valence-electron chi connectivity index (χ4n) is 11.7. The van der Waals surface area contributed by atoms with Crippen molar-refractivity contribution in [3.63, 3.8) is 0 Å². The topological polar surface area (TPSA) is 14.7 Å². The molecule has 9 aromatic rings. The zero-order valence-corrected chi connectivity index (χ0v) is 46.9. The van der Waals surface area contributed by atoms with Crippen LogP contribution in [0.15, 0.2) is 164 Å². The van der Waals surface area contributed by atoms with Crippen LogP contribution in [-0.2, 0) is 34.1 Å². The second-order valence-corrected chi connectivity index (χ2v) is 26.4. The van der Waals surface area contributed by atoms with Crippen molar-refractivity contribution in [1.82, 2.24) is 4.57 Å². The number of fused-ring (bicyclic) bond motifs is 8. The Morgan fingerprint density at radius 1 is 0.432 bits per heavy atom. The van der Waals surface area contributed by atoms with Gasteiger partial charge >= 0.3 is 0 Å². The molecule has 0 N–H and O–H groups in total. The minimum Gasteiger partial charge on any atom is -0.342 e. The summed E-state index contributed by atoms with van der Waals surface area (Å²) in [6.07, 6.45) is 0. The SMILES string of the molecule is [2H]c1cc2c3c(c1)N(c1ccc(C(C)(C)C)cc1)c1c(cc(N(c4ccc(C(C)(C)C)cc4)c4ccc(C(C)(C)C)cc4)c4c5ccccc5n(C)c14)B3c1cc(C(C)(C)C)ccc1N2c1ccc(C(C)(C)C)cc1. The third-order valence-electron chi connectivity index (χ3n) is 16.1. The van der Waals surface area contributed by atoms with Crippen molar-refractivity contribution in [2.45, 2.75) is 131 Å². The van der Waals surface area contributed by atoms with Crippen LogP contribution in [0.5, 0.6) is 0 Å². The van der Waals surface area contributed by atoms with Gasteiger partial charge in [-0.15, -0.1) is 0 Å². The summed E-state index contributed by atoms with van der Waals surface area (Å²) in [5.74, 6) is 0. The highest BCUT2D eigenvalue weighted by Gasteiger charge is 2.46. The lowest BCUT2D eigenvalue weighted by Gasteiger charge is -2.45. The second-order valence-electron chi connectivity index (χ2n) is 26.4. The van der Waals surface area contributed by atoms with Crippen LogP contribution in [0.3, 0.4) is 0 Å². The van der Waals surface area contributed by atoms with Gasteiger partial charge in [-0.3, -0.25) is 0 Å². The molecule has 2 aliphatic rings. The van der Waals surface area contributed by atoms with Gasteiger partial charge in [0.25, 0.3) is 6.71 Å². The molecule has 0 saturated heterocycles. The number of nitrogens with zero attached hydrogens (tertiary/aromatic N) is 4. The van der Waals surface area contributed by atoms with Gasteiger partial charge < -0.3 is 19.3 Å². The van der Waals surface area contributed by atoms with Crippen LogP contribution in [0.25, 0.3) is 21.8 Å². The molecule has 8 aromatic carbocycles. The van der Waals surface area contributed by atoms with Gasteiger partial charge in [-0.1, -0.05) is 189 Å². The van der Waals surface area contributed by atoms with E-state index in [9.17, 15) is 1.37 Å². The summed E-state index contributed by atoms with van der Waals surface area (Å²) in [6.45, 7) is 34.3. The van der Waals surface area contributed by atoms with E-state index in [4.69, 9.17) is 0 Å². The molecule has 0 spiro atoms. The largest absolute Gasteiger partial charge is 0.342 e. The highest BCUT2D eigenvalue weighted by molar-refractivity contribution is 7.00. The summed E-state index contributed by atoms with van der Waals surface area (Å²) in [5.41, 5.74) is 22.2. The molecule has 11 rings (SSSR count). The minimum atomic E-state index is -0.187. The lowest BCUT2D eigenvalue weighted by atomic mass is 9.33. The van der Waals surface area contributed by atoms with E-state index in [1.54, 1.807) is 0 Å². The Balaban J connectivity index is 1.31. The van der Waals surface area contributed by atoms with Crippen molar-refractivity contribution >= 4 is 96.1 Å². The maximum Gasteiger partial charge on any atom is 0.252 e. The zero-order valence-electron chi connectivity index (χ0n) is 47.9. The molecular formula is C69H75BN4. The molecule has 0 unspecified atom stereocenters. The lowest BCUT2D eigenvalue weighted by molar-refractivity contribution is 0.590. The van der Waals surface area contributed by atoms with E-state index < -0.39 is 0 Å². The molecule has 5 heteroatoms. The molecule has 374 valence electrons. The fraction of sp³-hybridized carbons (Fsp3) is 0.304. The molecule has 0 radical (unpaired) electrons. The lowest BCUT2D eigenvalue weighted by Crippen LogP contribution is -2.61. The number of hydrogen-bond donors (Lipinski definition) is 0. The van der Waals surface area contributed by atoms with E-state index in [0.29, 0.717) is 6.04 Å². The first kappa shape index (κ1) is 48.0. The van der Waals surface area contributed by atoms with E-state index in [0.717, 1.165) is 56.7 Å². The quantitative estimate of drug-likeness (QED) is 0.160. The Bertz CT molecular complexity index is 3620. The van der Waals surface area contributed by atoms with Crippen molar-refractivity contribution in [2.24, 2.45) is 7.05 Å². The molecular weight excluding hydrogens is 896 g/mol. The first-order valence-corrected chi connectivity index (χ1v) is 26.9.